The van der Waals surface area contributed by atoms with Gasteiger partial charge >= 0.3 is 5.97 Å². The molecule has 0 fully saturated rings. The Morgan fingerprint density at radius 2 is 2.03 bits per heavy atom. The first-order chi connectivity index (χ1) is 14.9. The SMILES string of the molecule is CCOC(=O)c1nn(-c2ccc([N+](=O)[O-])cc2)cc1OCc1nc(CCC(C)C)no1. The van der Waals surface area contributed by atoms with E-state index in [4.69, 9.17) is 14.0 Å². The van der Waals surface area contributed by atoms with Crippen LogP contribution in [0.3, 0.4) is 0 Å². The average molecular weight is 429 g/mol. The van der Waals surface area contributed by atoms with Crippen LogP contribution in [0.15, 0.2) is 35.0 Å². The van der Waals surface area contributed by atoms with E-state index in [9.17, 15) is 14.9 Å². The maximum absolute atomic E-state index is 12.3. The number of hydrogen-bond acceptors (Lipinski definition) is 9. The number of aromatic nitrogens is 4. The molecule has 0 saturated carbocycles. The van der Waals surface area contributed by atoms with E-state index < -0.39 is 10.9 Å². The summed E-state index contributed by atoms with van der Waals surface area (Å²) in [6.45, 7) is 6.04. The zero-order valence-corrected chi connectivity index (χ0v) is 17.5. The van der Waals surface area contributed by atoms with Crippen molar-refractivity contribution in [2.45, 2.75) is 40.2 Å². The summed E-state index contributed by atoms with van der Waals surface area (Å²) >= 11 is 0. The van der Waals surface area contributed by atoms with Crippen LogP contribution in [0.5, 0.6) is 5.75 Å². The Balaban J connectivity index is 1.78. The predicted molar refractivity (Wildman–Crippen MR) is 108 cm³/mol. The number of benzene rings is 1. The van der Waals surface area contributed by atoms with Crippen LogP contribution in [0.4, 0.5) is 5.69 Å². The Bertz CT molecular complexity index is 1040. The molecule has 0 atom stereocenters. The van der Waals surface area contributed by atoms with Crippen molar-refractivity contribution in [2.24, 2.45) is 5.92 Å². The lowest BCUT2D eigenvalue weighted by Gasteiger charge is -2.02. The molecule has 11 heteroatoms. The summed E-state index contributed by atoms with van der Waals surface area (Å²) in [6, 6.07) is 5.73. The Labute approximate surface area is 178 Å². The van der Waals surface area contributed by atoms with Crippen LogP contribution in [0, 0.1) is 16.0 Å². The van der Waals surface area contributed by atoms with Gasteiger partial charge in [-0.15, -0.1) is 0 Å². The van der Waals surface area contributed by atoms with Crippen molar-refractivity contribution in [3.63, 3.8) is 0 Å². The van der Waals surface area contributed by atoms with E-state index in [1.54, 1.807) is 6.92 Å². The van der Waals surface area contributed by atoms with Gasteiger partial charge in [0, 0.05) is 18.6 Å². The summed E-state index contributed by atoms with van der Waals surface area (Å²) in [5.74, 6) is 0.909. The number of esters is 1. The molecule has 2 heterocycles. The molecule has 0 amide bonds. The largest absolute Gasteiger partial charge is 0.479 e. The molecule has 3 rings (SSSR count). The molecule has 11 nitrogen and oxygen atoms in total. The molecule has 0 saturated heterocycles. The highest BCUT2D eigenvalue weighted by molar-refractivity contribution is 5.90. The molecule has 0 bridgehead atoms. The summed E-state index contributed by atoms with van der Waals surface area (Å²) in [4.78, 5) is 26.9. The number of carbonyl (C=O) groups excluding carboxylic acids is 1. The van der Waals surface area contributed by atoms with Crippen molar-refractivity contribution < 1.29 is 23.7 Å². The maximum Gasteiger partial charge on any atom is 0.362 e. The summed E-state index contributed by atoms with van der Waals surface area (Å²) in [7, 11) is 0. The second kappa shape index (κ2) is 9.83. The lowest BCUT2D eigenvalue weighted by Crippen LogP contribution is -2.08. The van der Waals surface area contributed by atoms with Gasteiger partial charge in [-0.3, -0.25) is 10.1 Å². The molecule has 0 aliphatic rings. The average Bonchev–Trinajstić information content (AvgIpc) is 3.38. The van der Waals surface area contributed by atoms with Crippen LogP contribution >= 0.6 is 0 Å². The van der Waals surface area contributed by atoms with Crippen molar-refractivity contribution in [3.8, 4) is 11.4 Å². The van der Waals surface area contributed by atoms with Crippen LogP contribution < -0.4 is 4.74 Å². The Morgan fingerprint density at radius 1 is 1.29 bits per heavy atom. The van der Waals surface area contributed by atoms with Gasteiger partial charge in [0.25, 0.3) is 11.6 Å². The number of hydrogen-bond donors (Lipinski definition) is 0. The molecule has 1 aromatic carbocycles. The standard InChI is InChI=1S/C20H23N5O6/c1-4-29-20(26)19-16(30-12-18-21-17(23-31-18)10-5-13(2)3)11-24(22-19)14-6-8-15(9-7-14)25(27)28/h6-9,11,13H,4-5,10,12H2,1-3H3. The molecule has 164 valence electrons. The number of nitro benzene ring substituents is 1. The van der Waals surface area contributed by atoms with Gasteiger partial charge in [-0.1, -0.05) is 19.0 Å². The van der Waals surface area contributed by atoms with Crippen molar-refractivity contribution in [1.29, 1.82) is 0 Å². The van der Waals surface area contributed by atoms with Gasteiger partial charge in [-0.25, -0.2) is 9.48 Å². The minimum atomic E-state index is -0.652. The number of nitro groups is 1. The highest BCUT2D eigenvalue weighted by Gasteiger charge is 2.21. The van der Waals surface area contributed by atoms with Gasteiger partial charge in [0.15, 0.2) is 18.2 Å². The third kappa shape index (κ3) is 5.65. The fourth-order valence-electron chi connectivity index (χ4n) is 2.67. The van der Waals surface area contributed by atoms with Crippen molar-refractivity contribution >= 4 is 11.7 Å². The smallest absolute Gasteiger partial charge is 0.362 e. The molecule has 0 spiro atoms. The fourth-order valence-corrected chi connectivity index (χ4v) is 2.67. The lowest BCUT2D eigenvalue weighted by molar-refractivity contribution is -0.384. The number of ether oxygens (including phenoxy) is 2. The van der Waals surface area contributed by atoms with Gasteiger partial charge in [0.05, 0.1) is 23.4 Å². The number of aryl methyl sites for hydroxylation is 1. The quantitative estimate of drug-likeness (QED) is 0.269. The predicted octanol–water partition coefficient (Wildman–Crippen LogP) is 3.51. The van der Waals surface area contributed by atoms with Crippen molar-refractivity contribution in [3.05, 3.63) is 58.0 Å². The van der Waals surface area contributed by atoms with Crippen molar-refractivity contribution in [1.82, 2.24) is 19.9 Å². The topological polar surface area (TPSA) is 135 Å². The summed E-state index contributed by atoms with van der Waals surface area (Å²) in [6.07, 6.45) is 3.13. The first-order valence-electron chi connectivity index (χ1n) is 9.83. The van der Waals surface area contributed by atoms with Gasteiger partial charge in [-0.05, 0) is 31.4 Å². The van der Waals surface area contributed by atoms with Crippen molar-refractivity contribution in [2.75, 3.05) is 6.61 Å². The highest BCUT2D eigenvalue weighted by Crippen LogP contribution is 2.23. The van der Waals surface area contributed by atoms with E-state index in [2.05, 4.69) is 29.1 Å². The minimum Gasteiger partial charge on any atom is -0.479 e. The third-order valence-corrected chi connectivity index (χ3v) is 4.28. The molecule has 0 N–H and O–H groups in total. The van der Waals surface area contributed by atoms with E-state index in [-0.39, 0.29) is 36.2 Å². The van der Waals surface area contributed by atoms with E-state index in [1.165, 1.54) is 35.1 Å². The second-order valence-corrected chi connectivity index (χ2v) is 7.11. The van der Waals surface area contributed by atoms with Gasteiger partial charge in [0.2, 0.25) is 5.69 Å². The van der Waals surface area contributed by atoms with Crippen LogP contribution in [0.2, 0.25) is 0 Å². The summed E-state index contributed by atoms with van der Waals surface area (Å²) in [5, 5.41) is 19.0. The Hall–Kier alpha value is -3.76. The normalized spacial score (nSPS) is 11.0. The first-order valence-corrected chi connectivity index (χ1v) is 9.83. The van der Waals surface area contributed by atoms with Gasteiger partial charge in [0.1, 0.15) is 0 Å². The first kappa shape index (κ1) is 21.9. The zero-order valence-electron chi connectivity index (χ0n) is 17.5. The number of nitrogens with zero attached hydrogens (tertiary/aromatic N) is 5. The van der Waals surface area contributed by atoms with E-state index in [0.717, 1.165) is 6.42 Å². The number of rotatable bonds is 10. The number of non-ortho nitro benzene ring substituents is 1. The molecule has 0 aliphatic carbocycles. The third-order valence-electron chi connectivity index (χ3n) is 4.28. The van der Waals surface area contributed by atoms with Gasteiger partial charge < -0.3 is 14.0 Å². The monoisotopic (exact) mass is 429 g/mol. The lowest BCUT2D eigenvalue weighted by atomic mass is 10.1. The Morgan fingerprint density at radius 3 is 2.68 bits per heavy atom. The Kier molecular flexibility index (Phi) is 6.96. The van der Waals surface area contributed by atoms with Crippen LogP contribution in [0.1, 0.15) is 49.4 Å². The minimum absolute atomic E-state index is 0.0280. The van der Waals surface area contributed by atoms with E-state index in [1.807, 2.05) is 0 Å². The molecule has 0 unspecified atom stereocenters. The molecule has 2 aromatic heterocycles. The number of carbonyl (C=O) groups is 1. The van der Waals surface area contributed by atoms with Crippen LogP contribution in [-0.2, 0) is 17.8 Å². The molecule has 0 radical (unpaired) electrons. The molecule has 31 heavy (non-hydrogen) atoms. The maximum atomic E-state index is 12.3. The summed E-state index contributed by atoms with van der Waals surface area (Å²) < 4.78 is 17.3. The molecule has 0 aliphatic heterocycles. The van der Waals surface area contributed by atoms with Crippen LogP contribution in [0.25, 0.3) is 5.69 Å². The van der Waals surface area contributed by atoms with E-state index in [0.29, 0.717) is 23.9 Å². The van der Waals surface area contributed by atoms with E-state index >= 15 is 0 Å². The molecular weight excluding hydrogens is 406 g/mol. The zero-order chi connectivity index (χ0) is 22.4. The fraction of sp³-hybridized carbons (Fsp3) is 0.400. The second-order valence-electron chi connectivity index (χ2n) is 7.11. The van der Waals surface area contributed by atoms with Crippen LogP contribution in [-0.4, -0.2) is 37.4 Å². The molecule has 3 aromatic rings. The van der Waals surface area contributed by atoms with Gasteiger partial charge in [-0.2, -0.15) is 10.1 Å². The summed E-state index contributed by atoms with van der Waals surface area (Å²) in [5.41, 5.74) is 0.433. The highest BCUT2D eigenvalue weighted by atomic mass is 16.6. The molecular formula is C20H23N5O6.